The summed E-state index contributed by atoms with van der Waals surface area (Å²) in [5.74, 6) is 1.43. The normalized spacial score (nSPS) is 16.5. The van der Waals surface area contributed by atoms with Crippen LogP contribution in [0.2, 0.25) is 0 Å². The molecule has 0 fully saturated rings. The molecule has 1 aliphatic heterocycles. The Morgan fingerprint density at radius 2 is 1.96 bits per heavy atom. The highest BCUT2D eigenvalue weighted by Crippen LogP contribution is 2.36. The molecule has 2 aromatic carbocycles. The number of nitrogens with two attached hydrogens (primary N) is 1. The lowest BCUT2D eigenvalue weighted by Gasteiger charge is -2.34. The quantitative estimate of drug-likeness (QED) is 0.857. The van der Waals surface area contributed by atoms with Crippen molar-refractivity contribution in [2.75, 3.05) is 23.8 Å². The van der Waals surface area contributed by atoms with Crippen LogP contribution >= 0.6 is 0 Å². The molecule has 0 saturated heterocycles. The summed E-state index contributed by atoms with van der Waals surface area (Å²) in [5, 5.41) is 0. The summed E-state index contributed by atoms with van der Waals surface area (Å²) in [4.78, 5) is 14.3. The number of anilines is 2. The largest absolute Gasteiger partial charge is 0.492 e. The first-order valence-electron chi connectivity index (χ1n) is 8.15. The molecule has 0 saturated carbocycles. The third-order valence-electron chi connectivity index (χ3n) is 4.06. The van der Waals surface area contributed by atoms with Crippen molar-refractivity contribution in [1.82, 2.24) is 0 Å². The lowest BCUT2D eigenvalue weighted by molar-refractivity contribution is -0.126. The molecule has 0 spiro atoms. The number of nitrogen functional groups attached to an aromatic ring is 1. The number of hydrogen-bond donors (Lipinski definition) is 1. The van der Waals surface area contributed by atoms with Crippen molar-refractivity contribution in [2.24, 2.45) is 0 Å². The minimum atomic E-state index is -0.458. The maximum atomic E-state index is 12.6. The Morgan fingerprint density at radius 3 is 2.67 bits per heavy atom. The average Bonchev–Trinajstić information content (AvgIpc) is 2.58. The van der Waals surface area contributed by atoms with Crippen molar-refractivity contribution < 1.29 is 14.3 Å². The van der Waals surface area contributed by atoms with Gasteiger partial charge in [-0.05, 0) is 43.7 Å². The molecule has 0 aromatic heterocycles. The van der Waals surface area contributed by atoms with Crippen LogP contribution in [0.3, 0.4) is 0 Å². The van der Waals surface area contributed by atoms with E-state index in [1.54, 1.807) is 17.0 Å². The number of rotatable bonds is 5. The van der Waals surface area contributed by atoms with Crippen LogP contribution in [0, 0.1) is 6.92 Å². The Labute approximate surface area is 142 Å². The van der Waals surface area contributed by atoms with E-state index in [1.807, 2.05) is 44.2 Å². The molecule has 1 heterocycles. The van der Waals surface area contributed by atoms with Crippen molar-refractivity contribution in [3.63, 3.8) is 0 Å². The number of ether oxygens (including phenoxy) is 2. The molecule has 5 nitrogen and oxygen atoms in total. The Bertz CT molecular complexity index is 728. The van der Waals surface area contributed by atoms with Crippen LogP contribution in [-0.2, 0) is 4.79 Å². The van der Waals surface area contributed by atoms with Crippen molar-refractivity contribution in [3.05, 3.63) is 48.0 Å². The highest BCUT2D eigenvalue weighted by Gasteiger charge is 2.33. The first-order chi connectivity index (χ1) is 11.6. The van der Waals surface area contributed by atoms with Crippen LogP contribution < -0.4 is 20.1 Å². The molecule has 2 N–H and O–H groups in total. The van der Waals surface area contributed by atoms with Crippen LogP contribution in [0.25, 0.3) is 0 Å². The van der Waals surface area contributed by atoms with Crippen molar-refractivity contribution in [1.29, 1.82) is 0 Å². The Hall–Kier alpha value is -2.69. The number of hydrogen-bond acceptors (Lipinski definition) is 4. The summed E-state index contributed by atoms with van der Waals surface area (Å²) in [7, 11) is 0. The van der Waals surface area contributed by atoms with Gasteiger partial charge < -0.3 is 20.1 Å². The first kappa shape index (κ1) is 16.2. The molecule has 0 radical (unpaired) electrons. The molecule has 1 atom stereocenters. The molecule has 126 valence electrons. The van der Waals surface area contributed by atoms with Gasteiger partial charge in [0.25, 0.3) is 5.91 Å². The Morgan fingerprint density at radius 1 is 1.21 bits per heavy atom. The number of nitrogens with zero attached hydrogens (tertiary/aromatic N) is 1. The predicted molar refractivity (Wildman–Crippen MR) is 94.6 cm³/mol. The molecule has 1 amide bonds. The summed E-state index contributed by atoms with van der Waals surface area (Å²) in [5.41, 5.74) is 8.35. The molecular formula is C19H22N2O3. The average molecular weight is 326 g/mol. The molecule has 5 heteroatoms. The van der Waals surface area contributed by atoms with Gasteiger partial charge in [0.05, 0.1) is 12.2 Å². The van der Waals surface area contributed by atoms with Gasteiger partial charge in [-0.3, -0.25) is 4.79 Å². The smallest absolute Gasteiger partial charge is 0.268 e. The van der Waals surface area contributed by atoms with Crippen LogP contribution in [-0.4, -0.2) is 25.2 Å². The van der Waals surface area contributed by atoms with Gasteiger partial charge in [0.2, 0.25) is 0 Å². The van der Waals surface area contributed by atoms with Crippen LogP contribution in [0.15, 0.2) is 42.5 Å². The van der Waals surface area contributed by atoms with E-state index < -0.39 is 6.10 Å². The maximum absolute atomic E-state index is 12.6. The highest BCUT2D eigenvalue weighted by molar-refractivity contribution is 6.00. The van der Waals surface area contributed by atoms with Gasteiger partial charge in [0, 0.05) is 5.69 Å². The van der Waals surface area contributed by atoms with Gasteiger partial charge in [0.1, 0.15) is 18.1 Å². The SMILES string of the molecule is CCC1Oc2ccc(N)cc2N(CCOc2ccc(C)cc2)C1=O. The summed E-state index contributed by atoms with van der Waals surface area (Å²) >= 11 is 0. The molecule has 1 unspecified atom stereocenters. The van der Waals surface area contributed by atoms with Crippen molar-refractivity contribution in [2.45, 2.75) is 26.4 Å². The van der Waals surface area contributed by atoms with Gasteiger partial charge >= 0.3 is 0 Å². The lowest BCUT2D eigenvalue weighted by Crippen LogP contribution is -2.47. The van der Waals surface area contributed by atoms with E-state index in [4.69, 9.17) is 15.2 Å². The number of carbonyl (C=O) groups excluding carboxylic acids is 1. The lowest BCUT2D eigenvalue weighted by atomic mass is 10.1. The number of carbonyl (C=O) groups is 1. The number of benzene rings is 2. The van der Waals surface area contributed by atoms with Gasteiger partial charge in [-0.15, -0.1) is 0 Å². The molecule has 24 heavy (non-hydrogen) atoms. The van der Waals surface area contributed by atoms with Gasteiger partial charge in [0.15, 0.2) is 6.10 Å². The van der Waals surface area contributed by atoms with Gasteiger partial charge in [-0.2, -0.15) is 0 Å². The molecule has 2 aromatic rings. The second-order valence-corrected chi connectivity index (χ2v) is 5.89. The monoisotopic (exact) mass is 326 g/mol. The zero-order valence-electron chi connectivity index (χ0n) is 14.0. The molecule has 0 bridgehead atoms. The molecule has 1 aliphatic rings. The number of fused-ring (bicyclic) bond motifs is 1. The zero-order valence-corrected chi connectivity index (χ0v) is 14.0. The summed E-state index contributed by atoms with van der Waals surface area (Å²) in [6.07, 6.45) is 0.165. The highest BCUT2D eigenvalue weighted by atomic mass is 16.5. The standard InChI is InChI=1S/C19H22N2O3/c1-3-17-19(22)21(16-12-14(20)6-9-18(16)24-17)10-11-23-15-7-4-13(2)5-8-15/h4-9,12,17H,3,10-11,20H2,1-2H3. The zero-order chi connectivity index (χ0) is 17.1. The number of aryl methyl sites for hydroxylation is 1. The fraction of sp³-hybridized carbons (Fsp3) is 0.316. The van der Waals surface area contributed by atoms with Crippen molar-refractivity contribution >= 4 is 17.3 Å². The van der Waals surface area contributed by atoms with Crippen LogP contribution in [0.5, 0.6) is 11.5 Å². The van der Waals surface area contributed by atoms with E-state index in [1.165, 1.54) is 5.56 Å². The van der Waals surface area contributed by atoms with E-state index in [0.29, 0.717) is 36.7 Å². The fourth-order valence-corrected chi connectivity index (χ4v) is 2.72. The van der Waals surface area contributed by atoms with Crippen molar-refractivity contribution in [3.8, 4) is 11.5 Å². The van der Waals surface area contributed by atoms with Crippen LogP contribution in [0.1, 0.15) is 18.9 Å². The maximum Gasteiger partial charge on any atom is 0.268 e. The third kappa shape index (κ3) is 3.30. The molecule has 0 aliphatic carbocycles. The minimum Gasteiger partial charge on any atom is -0.492 e. The Kier molecular flexibility index (Phi) is 4.60. The van der Waals surface area contributed by atoms with E-state index >= 15 is 0 Å². The van der Waals surface area contributed by atoms with E-state index in [9.17, 15) is 4.79 Å². The van der Waals surface area contributed by atoms with Crippen LogP contribution in [0.4, 0.5) is 11.4 Å². The first-order valence-corrected chi connectivity index (χ1v) is 8.15. The second-order valence-electron chi connectivity index (χ2n) is 5.89. The fourth-order valence-electron chi connectivity index (χ4n) is 2.72. The summed E-state index contributed by atoms with van der Waals surface area (Å²) in [6.45, 7) is 4.82. The summed E-state index contributed by atoms with van der Waals surface area (Å²) < 4.78 is 11.5. The second kappa shape index (κ2) is 6.83. The summed E-state index contributed by atoms with van der Waals surface area (Å²) in [6, 6.07) is 13.2. The Balaban J connectivity index is 1.74. The van der Waals surface area contributed by atoms with Gasteiger partial charge in [-0.25, -0.2) is 0 Å². The third-order valence-corrected chi connectivity index (χ3v) is 4.06. The number of amides is 1. The predicted octanol–water partition coefficient (Wildman–Crippen LogP) is 3.16. The molecule has 3 rings (SSSR count). The van der Waals surface area contributed by atoms with E-state index in [0.717, 1.165) is 5.75 Å². The molecular weight excluding hydrogens is 304 g/mol. The van der Waals surface area contributed by atoms with E-state index in [-0.39, 0.29) is 5.91 Å². The topological polar surface area (TPSA) is 64.8 Å². The van der Waals surface area contributed by atoms with Gasteiger partial charge in [-0.1, -0.05) is 24.6 Å². The van der Waals surface area contributed by atoms with E-state index in [2.05, 4.69) is 0 Å². The minimum absolute atomic E-state index is 0.0527.